The van der Waals surface area contributed by atoms with Gasteiger partial charge in [-0.1, -0.05) is 24.8 Å². The molecule has 0 saturated heterocycles. The van der Waals surface area contributed by atoms with Crippen LogP contribution in [0.15, 0.2) is 66.8 Å². The number of H-pyrrole nitrogens is 2. The van der Waals surface area contributed by atoms with Crippen molar-refractivity contribution >= 4 is 27.9 Å². The number of allylic oxidation sites excluding steroid dienone is 2. The van der Waals surface area contributed by atoms with Crippen molar-refractivity contribution in [1.82, 2.24) is 30.1 Å². The number of nitrogens with zero attached hydrogens (tertiary/aromatic N) is 4. The molecule has 0 aliphatic heterocycles. The Morgan fingerprint density at radius 2 is 2.03 bits per heavy atom. The molecule has 31 heavy (non-hydrogen) atoms. The predicted octanol–water partition coefficient (Wildman–Crippen LogP) is 5.71. The quantitative estimate of drug-likeness (QED) is 0.354. The monoisotopic (exact) mass is 424 g/mol. The first-order valence-corrected chi connectivity index (χ1v) is 10.7. The van der Waals surface area contributed by atoms with Gasteiger partial charge >= 0.3 is 0 Å². The summed E-state index contributed by atoms with van der Waals surface area (Å²) in [4.78, 5) is 18.6. The van der Waals surface area contributed by atoms with Crippen LogP contribution in [0.3, 0.4) is 0 Å². The average molecular weight is 425 g/mol. The molecule has 0 saturated carbocycles. The Labute approximate surface area is 183 Å². The van der Waals surface area contributed by atoms with Crippen molar-refractivity contribution in [2.75, 3.05) is 0 Å². The number of pyridine rings is 2. The molecule has 0 aliphatic carbocycles. The maximum atomic E-state index is 4.90. The molecule has 0 spiro atoms. The number of thiophene rings is 1. The van der Waals surface area contributed by atoms with E-state index in [2.05, 4.69) is 45.1 Å². The number of nitrogens with one attached hydrogen (secondary N) is 2. The summed E-state index contributed by atoms with van der Waals surface area (Å²) < 4.78 is 0. The van der Waals surface area contributed by atoms with E-state index in [4.69, 9.17) is 9.97 Å². The van der Waals surface area contributed by atoms with E-state index in [-0.39, 0.29) is 0 Å². The van der Waals surface area contributed by atoms with Gasteiger partial charge in [-0.25, -0.2) is 9.97 Å². The molecular formula is C24H20N6S. The standard InChI is InChI=1S/C24H20N6S/c1-4-6-16(20-7-5-12-31-20)21-15(3)26-24(28-21)23-22-19(29-30-23)9-8-18(27-22)17-13-25-11-10-14(17)2/h4-13H,1H2,2-3H3,(H,26,28)(H,29,30)/b16-6-. The van der Waals surface area contributed by atoms with E-state index < -0.39 is 0 Å². The van der Waals surface area contributed by atoms with E-state index in [9.17, 15) is 0 Å². The largest absolute Gasteiger partial charge is 0.340 e. The molecule has 0 aromatic carbocycles. The van der Waals surface area contributed by atoms with Crippen LogP contribution in [0.5, 0.6) is 0 Å². The first kappa shape index (κ1) is 19.1. The molecule has 5 rings (SSSR count). The van der Waals surface area contributed by atoms with Crippen molar-refractivity contribution in [2.24, 2.45) is 0 Å². The summed E-state index contributed by atoms with van der Waals surface area (Å²) in [5.41, 5.74) is 8.18. The summed E-state index contributed by atoms with van der Waals surface area (Å²) in [6.45, 7) is 7.94. The molecule has 0 bridgehead atoms. The van der Waals surface area contributed by atoms with Gasteiger partial charge in [-0.2, -0.15) is 5.10 Å². The molecule has 152 valence electrons. The highest BCUT2D eigenvalue weighted by atomic mass is 32.1. The third-order valence-electron chi connectivity index (χ3n) is 5.16. The van der Waals surface area contributed by atoms with Crippen LogP contribution >= 0.6 is 11.3 Å². The van der Waals surface area contributed by atoms with Crippen LogP contribution in [0.25, 0.3) is 39.4 Å². The van der Waals surface area contributed by atoms with Gasteiger partial charge in [0.1, 0.15) is 5.52 Å². The van der Waals surface area contributed by atoms with Crippen LogP contribution in [0.1, 0.15) is 21.8 Å². The normalized spacial score (nSPS) is 11.9. The lowest BCUT2D eigenvalue weighted by Crippen LogP contribution is -1.90. The first-order valence-electron chi connectivity index (χ1n) is 9.85. The fraction of sp³-hybridized carbons (Fsp3) is 0.0833. The fourth-order valence-corrected chi connectivity index (χ4v) is 4.36. The van der Waals surface area contributed by atoms with Crippen molar-refractivity contribution in [3.63, 3.8) is 0 Å². The van der Waals surface area contributed by atoms with E-state index >= 15 is 0 Å². The van der Waals surface area contributed by atoms with Crippen LogP contribution < -0.4 is 0 Å². The van der Waals surface area contributed by atoms with Gasteiger partial charge in [0.15, 0.2) is 11.5 Å². The predicted molar refractivity (Wildman–Crippen MR) is 126 cm³/mol. The minimum Gasteiger partial charge on any atom is -0.340 e. The van der Waals surface area contributed by atoms with E-state index in [0.29, 0.717) is 11.5 Å². The van der Waals surface area contributed by atoms with Gasteiger partial charge in [0.05, 0.1) is 16.9 Å². The van der Waals surface area contributed by atoms with Gasteiger partial charge in [0.25, 0.3) is 0 Å². The third-order valence-corrected chi connectivity index (χ3v) is 6.06. The van der Waals surface area contributed by atoms with E-state index in [1.54, 1.807) is 23.6 Å². The van der Waals surface area contributed by atoms with Crippen molar-refractivity contribution in [3.05, 3.63) is 88.7 Å². The Bertz CT molecular complexity index is 1420. The Hall–Kier alpha value is -3.84. The third kappa shape index (κ3) is 3.39. The highest BCUT2D eigenvalue weighted by Gasteiger charge is 2.19. The maximum absolute atomic E-state index is 4.90. The Morgan fingerprint density at radius 1 is 1.13 bits per heavy atom. The highest BCUT2D eigenvalue weighted by molar-refractivity contribution is 7.11. The van der Waals surface area contributed by atoms with Gasteiger partial charge < -0.3 is 4.98 Å². The second-order valence-electron chi connectivity index (χ2n) is 7.21. The van der Waals surface area contributed by atoms with E-state index in [1.807, 2.05) is 43.5 Å². The molecule has 5 aromatic heterocycles. The molecular weight excluding hydrogens is 404 g/mol. The van der Waals surface area contributed by atoms with Crippen molar-refractivity contribution < 1.29 is 0 Å². The summed E-state index contributed by atoms with van der Waals surface area (Å²) in [6.07, 6.45) is 7.40. The lowest BCUT2D eigenvalue weighted by atomic mass is 10.1. The van der Waals surface area contributed by atoms with Crippen LogP contribution in [0.4, 0.5) is 0 Å². The Balaban J connectivity index is 1.63. The molecule has 2 N–H and O–H groups in total. The second kappa shape index (κ2) is 7.77. The topological polar surface area (TPSA) is 83.1 Å². The molecule has 0 amide bonds. The minimum absolute atomic E-state index is 0.679. The Kier molecular flexibility index (Phi) is 4.80. The first-order chi connectivity index (χ1) is 15.2. The average Bonchev–Trinajstić information content (AvgIpc) is 3.52. The van der Waals surface area contributed by atoms with Gasteiger partial charge in [0.2, 0.25) is 0 Å². The lowest BCUT2D eigenvalue weighted by molar-refractivity contribution is 1.10. The number of aromatic nitrogens is 6. The zero-order valence-corrected chi connectivity index (χ0v) is 18.0. The molecule has 0 unspecified atom stereocenters. The van der Waals surface area contributed by atoms with Crippen LogP contribution in [-0.4, -0.2) is 30.1 Å². The minimum atomic E-state index is 0.679. The zero-order chi connectivity index (χ0) is 21.4. The van der Waals surface area contributed by atoms with Crippen LogP contribution in [-0.2, 0) is 0 Å². The number of fused-ring (bicyclic) bond motifs is 1. The summed E-state index contributed by atoms with van der Waals surface area (Å²) in [5.74, 6) is 0.679. The van der Waals surface area contributed by atoms with Crippen LogP contribution in [0.2, 0.25) is 0 Å². The lowest BCUT2D eigenvalue weighted by Gasteiger charge is -2.04. The Morgan fingerprint density at radius 3 is 2.81 bits per heavy atom. The van der Waals surface area contributed by atoms with Gasteiger partial charge in [-0.05, 0) is 49.1 Å². The van der Waals surface area contributed by atoms with Crippen molar-refractivity contribution in [3.8, 4) is 22.8 Å². The summed E-state index contributed by atoms with van der Waals surface area (Å²) >= 11 is 1.67. The number of aromatic amines is 2. The smallest absolute Gasteiger partial charge is 0.161 e. The number of aryl methyl sites for hydroxylation is 2. The molecule has 0 radical (unpaired) electrons. The van der Waals surface area contributed by atoms with Gasteiger partial charge in [-0.3, -0.25) is 10.1 Å². The molecule has 6 nitrogen and oxygen atoms in total. The molecule has 5 aromatic rings. The molecule has 7 heteroatoms. The second-order valence-corrected chi connectivity index (χ2v) is 8.16. The van der Waals surface area contributed by atoms with Gasteiger partial charge in [0, 0.05) is 34.1 Å². The number of hydrogen-bond acceptors (Lipinski definition) is 5. The van der Waals surface area contributed by atoms with E-state index in [1.165, 1.54) is 0 Å². The summed E-state index contributed by atoms with van der Waals surface area (Å²) in [5, 5.41) is 9.64. The zero-order valence-electron chi connectivity index (χ0n) is 17.2. The molecule has 0 fully saturated rings. The maximum Gasteiger partial charge on any atom is 0.161 e. The molecule has 5 heterocycles. The number of imidazole rings is 1. The molecule has 0 aliphatic rings. The van der Waals surface area contributed by atoms with Crippen LogP contribution in [0, 0.1) is 13.8 Å². The summed E-state index contributed by atoms with van der Waals surface area (Å²) in [6, 6.07) is 10.1. The summed E-state index contributed by atoms with van der Waals surface area (Å²) in [7, 11) is 0. The molecule has 0 atom stereocenters. The number of rotatable bonds is 5. The number of hydrogen-bond donors (Lipinski definition) is 2. The van der Waals surface area contributed by atoms with Crippen molar-refractivity contribution in [2.45, 2.75) is 13.8 Å². The van der Waals surface area contributed by atoms with Gasteiger partial charge in [-0.15, -0.1) is 11.3 Å². The van der Waals surface area contributed by atoms with Crippen molar-refractivity contribution in [1.29, 1.82) is 0 Å². The fourth-order valence-electron chi connectivity index (χ4n) is 3.61. The van der Waals surface area contributed by atoms with E-state index in [0.717, 1.165) is 49.7 Å². The SMILES string of the molecule is C=C/C=C(/c1cccs1)c1nc(-c2n[nH]c3ccc(-c4cnccc4C)nc23)[nH]c1C. The highest BCUT2D eigenvalue weighted by Crippen LogP contribution is 2.32.